The van der Waals surface area contributed by atoms with E-state index in [1.165, 1.54) is 6.20 Å². The predicted octanol–water partition coefficient (Wildman–Crippen LogP) is 7.01. The number of hydrogen-bond donors (Lipinski definition) is 1. The van der Waals surface area contributed by atoms with Gasteiger partial charge in [0, 0.05) is 37.0 Å². The van der Waals surface area contributed by atoms with Gasteiger partial charge in [-0.1, -0.05) is 6.07 Å². The lowest BCUT2D eigenvalue weighted by Crippen LogP contribution is -2.49. The summed E-state index contributed by atoms with van der Waals surface area (Å²) in [6, 6.07) is 18.2. The van der Waals surface area contributed by atoms with Crippen LogP contribution in [0.2, 0.25) is 0 Å². The first-order valence-electron chi connectivity index (χ1n) is 13.8. The summed E-state index contributed by atoms with van der Waals surface area (Å²) >= 11 is 0. The molecule has 0 spiro atoms. The van der Waals surface area contributed by atoms with Crippen molar-refractivity contribution in [2.24, 2.45) is 0 Å². The zero-order valence-corrected chi connectivity index (χ0v) is 23.6. The first kappa shape index (κ1) is 28.8. The van der Waals surface area contributed by atoms with E-state index in [4.69, 9.17) is 14.2 Å². The van der Waals surface area contributed by atoms with E-state index in [0.29, 0.717) is 42.6 Å². The molecule has 9 nitrogen and oxygen atoms in total. The molecule has 6 rings (SSSR count). The Morgan fingerprint density at radius 1 is 0.977 bits per heavy atom. The van der Waals surface area contributed by atoms with Crippen molar-refractivity contribution in [1.29, 1.82) is 0 Å². The zero-order valence-electron chi connectivity index (χ0n) is 23.6. The lowest BCUT2D eigenvalue weighted by atomic mass is 10.1. The number of urea groups is 1. The molecule has 0 aliphatic carbocycles. The second-order valence-corrected chi connectivity index (χ2v) is 10.4. The molecule has 0 radical (unpaired) electrons. The number of nitrogens with zero attached hydrogens (tertiary/aromatic N) is 3. The summed E-state index contributed by atoms with van der Waals surface area (Å²) in [7, 11) is 0. The third kappa shape index (κ3) is 6.24. The van der Waals surface area contributed by atoms with Gasteiger partial charge in [0.15, 0.2) is 11.5 Å². The van der Waals surface area contributed by atoms with Gasteiger partial charge in [-0.15, -0.1) is 0 Å². The maximum atomic E-state index is 13.4. The van der Waals surface area contributed by atoms with Gasteiger partial charge in [0.2, 0.25) is 12.7 Å². The first-order chi connectivity index (χ1) is 21.1. The van der Waals surface area contributed by atoms with Crippen molar-refractivity contribution in [3.8, 4) is 23.1 Å². The number of benzene rings is 3. The first-order valence-corrected chi connectivity index (χ1v) is 13.8. The summed E-state index contributed by atoms with van der Waals surface area (Å²) in [5.74, 6) is 1.64. The van der Waals surface area contributed by atoms with Crippen LogP contribution in [0, 0.1) is 6.92 Å². The van der Waals surface area contributed by atoms with Crippen molar-refractivity contribution in [2.45, 2.75) is 26.1 Å². The van der Waals surface area contributed by atoms with Gasteiger partial charge in [0.25, 0.3) is 5.91 Å². The molecule has 0 unspecified atom stereocenters. The molecule has 2 aliphatic heterocycles. The highest BCUT2D eigenvalue weighted by Crippen LogP contribution is 2.34. The SMILES string of the molecule is Cc1cc(N2CCCN(Cc3ccc4c(c3)OCO4)C2=O)ccc1Oc1ccc(NC(=O)c2ccc(C(F)(F)F)cc2)cn1. The number of anilines is 2. The Kier molecular flexibility index (Phi) is 7.73. The zero-order chi connectivity index (χ0) is 30.8. The highest BCUT2D eigenvalue weighted by atomic mass is 19.4. The quantitative estimate of drug-likeness (QED) is 0.244. The van der Waals surface area contributed by atoms with Gasteiger partial charge in [0.05, 0.1) is 17.4 Å². The number of halogens is 3. The number of rotatable bonds is 7. The summed E-state index contributed by atoms with van der Waals surface area (Å²) in [6.07, 6.45) is -2.27. The second-order valence-electron chi connectivity index (χ2n) is 10.4. The number of carbonyl (C=O) groups excluding carboxylic acids is 2. The third-order valence-corrected chi connectivity index (χ3v) is 7.27. The van der Waals surface area contributed by atoms with Crippen molar-refractivity contribution < 1.29 is 37.0 Å². The minimum atomic E-state index is -4.48. The van der Waals surface area contributed by atoms with Gasteiger partial charge in [-0.2, -0.15) is 13.2 Å². The average molecular weight is 605 g/mol. The number of amides is 3. The molecule has 4 aromatic rings. The van der Waals surface area contributed by atoms with Crippen LogP contribution in [0.5, 0.6) is 23.1 Å². The number of aryl methyl sites for hydroxylation is 1. The van der Waals surface area contributed by atoms with Crippen LogP contribution >= 0.6 is 0 Å². The highest BCUT2D eigenvalue weighted by Gasteiger charge is 2.30. The number of hydrogen-bond acceptors (Lipinski definition) is 6. The Bertz CT molecular complexity index is 1690. The number of pyridine rings is 1. The summed E-state index contributed by atoms with van der Waals surface area (Å²) in [4.78, 5) is 33.6. The molecule has 12 heteroatoms. The molecule has 44 heavy (non-hydrogen) atoms. The molecule has 3 heterocycles. The van der Waals surface area contributed by atoms with Crippen LogP contribution in [-0.2, 0) is 12.7 Å². The van der Waals surface area contributed by atoms with Crippen LogP contribution in [0.4, 0.5) is 29.3 Å². The maximum absolute atomic E-state index is 13.4. The molecule has 0 bridgehead atoms. The topological polar surface area (TPSA) is 93.2 Å². The lowest BCUT2D eigenvalue weighted by molar-refractivity contribution is -0.137. The van der Waals surface area contributed by atoms with Crippen molar-refractivity contribution in [3.63, 3.8) is 0 Å². The molecule has 2 aliphatic rings. The molecule has 226 valence electrons. The normalized spacial score (nSPS) is 14.5. The summed E-state index contributed by atoms with van der Waals surface area (Å²) in [6.45, 7) is 3.77. The number of fused-ring (bicyclic) bond motifs is 1. The van der Waals surface area contributed by atoms with Crippen molar-refractivity contribution in [1.82, 2.24) is 9.88 Å². The molecule has 0 saturated carbocycles. The average Bonchev–Trinajstić information content (AvgIpc) is 3.48. The number of nitrogens with one attached hydrogen (secondary N) is 1. The smallest absolute Gasteiger partial charge is 0.416 e. The van der Waals surface area contributed by atoms with Gasteiger partial charge in [-0.05, 0) is 85.1 Å². The number of ether oxygens (including phenoxy) is 3. The Labute approximate surface area is 250 Å². The fourth-order valence-corrected chi connectivity index (χ4v) is 4.98. The predicted molar refractivity (Wildman–Crippen MR) is 155 cm³/mol. The van der Waals surface area contributed by atoms with E-state index in [0.717, 1.165) is 47.5 Å². The van der Waals surface area contributed by atoms with Gasteiger partial charge >= 0.3 is 12.2 Å². The Morgan fingerprint density at radius 3 is 2.50 bits per heavy atom. The molecule has 1 aromatic heterocycles. The van der Waals surface area contributed by atoms with Gasteiger partial charge in [-0.25, -0.2) is 9.78 Å². The molecule has 1 fully saturated rings. The van der Waals surface area contributed by atoms with Crippen molar-refractivity contribution in [3.05, 3.63) is 101 Å². The highest BCUT2D eigenvalue weighted by molar-refractivity contribution is 6.04. The van der Waals surface area contributed by atoms with Crippen LogP contribution in [0.1, 0.15) is 33.5 Å². The molecule has 0 atom stereocenters. The van der Waals surface area contributed by atoms with E-state index in [1.54, 1.807) is 23.1 Å². The third-order valence-electron chi connectivity index (χ3n) is 7.27. The van der Waals surface area contributed by atoms with Crippen LogP contribution in [0.25, 0.3) is 0 Å². The molecule has 1 N–H and O–H groups in total. The molecule has 3 aromatic carbocycles. The monoisotopic (exact) mass is 604 g/mol. The van der Waals surface area contributed by atoms with Gasteiger partial charge < -0.3 is 24.4 Å². The fraction of sp³-hybridized carbons (Fsp3) is 0.219. The van der Waals surface area contributed by atoms with E-state index >= 15 is 0 Å². The standard InChI is InChI=1S/C32H27F3N4O5/c1-20-15-25(39-14-2-13-38(31(39)41)18-21-3-10-27-28(16-21)43-19-42-27)9-11-26(20)44-29-12-8-24(17-36-29)37-30(40)22-4-6-23(7-5-22)32(33,34)35/h3-12,15-17H,2,13-14,18-19H2,1H3,(H,37,40). The number of carbonyl (C=O) groups is 2. The second kappa shape index (κ2) is 11.8. The molecular formula is C32H27F3N4O5. The molecule has 1 saturated heterocycles. The lowest BCUT2D eigenvalue weighted by Gasteiger charge is -2.36. The van der Waals surface area contributed by atoms with E-state index < -0.39 is 17.6 Å². The molecular weight excluding hydrogens is 577 g/mol. The van der Waals surface area contributed by atoms with E-state index in [9.17, 15) is 22.8 Å². The maximum Gasteiger partial charge on any atom is 0.416 e. The largest absolute Gasteiger partial charge is 0.454 e. The Hall–Kier alpha value is -5.26. The number of alkyl halides is 3. The Balaban J connectivity index is 1.07. The van der Waals surface area contributed by atoms with Crippen LogP contribution in [0.3, 0.4) is 0 Å². The minimum absolute atomic E-state index is 0.0808. The summed E-state index contributed by atoms with van der Waals surface area (Å²) < 4.78 is 55.1. The van der Waals surface area contributed by atoms with Crippen molar-refractivity contribution >= 4 is 23.3 Å². The van der Waals surface area contributed by atoms with E-state index in [-0.39, 0.29) is 24.3 Å². The molecule has 3 amide bonds. The Morgan fingerprint density at radius 2 is 1.77 bits per heavy atom. The van der Waals surface area contributed by atoms with Crippen LogP contribution < -0.4 is 24.4 Å². The van der Waals surface area contributed by atoms with E-state index in [2.05, 4.69) is 10.3 Å². The summed E-state index contributed by atoms with van der Waals surface area (Å²) in [5.41, 5.74) is 2.11. The van der Waals surface area contributed by atoms with Crippen molar-refractivity contribution in [2.75, 3.05) is 30.1 Å². The van der Waals surface area contributed by atoms with Gasteiger partial charge in [0.1, 0.15) is 5.75 Å². The van der Waals surface area contributed by atoms with E-state index in [1.807, 2.05) is 42.2 Å². The van der Waals surface area contributed by atoms with Crippen LogP contribution in [-0.4, -0.2) is 41.7 Å². The van der Waals surface area contributed by atoms with Crippen LogP contribution in [0.15, 0.2) is 79.0 Å². The van der Waals surface area contributed by atoms with Gasteiger partial charge in [-0.3, -0.25) is 9.69 Å². The minimum Gasteiger partial charge on any atom is -0.454 e. The number of aromatic nitrogens is 1. The summed E-state index contributed by atoms with van der Waals surface area (Å²) in [5, 5.41) is 2.60. The fourth-order valence-electron chi connectivity index (χ4n) is 4.98.